The number of benzene rings is 3. The summed E-state index contributed by atoms with van der Waals surface area (Å²) >= 11 is 0. The van der Waals surface area contributed by atoms with Crippen LogP contribution in [0.4, 0.5) is 0 Å². The van der Waals surface area contributed by atoms with Crippen LogP contribution in [0, 0.1) is 6.57 Å². The molecule has 3 aromatic carbocycles. The molecule has 0 N–H and O–H groups in total. The Balaban J connectivity index is 1.55. The van der Waals surface area contributed by atoms with Crippen molar-refractivity contribution < 1.29 is 23.3 Å². The van der Waals surface area contributed by atoms with Crippen LogP contribution >= 0.6 is 8.53 Å². The third-order valence-electron chi connectivity index (χ3n) is 8.44. The molecular formula is C39H47N6O5P. The van der Waals surface area contributed by atoms with Crippen LogP contribution in [-0.4, -0.2) is 69.7 Å². The predicted octanol–water partition coefficient (Wildman–Crippen LogP) is 8.04. The first kappa shape index (κ1) is 37.8. The van der Waals surface area contributed by atoms with Gasteiger partial charge in [0, 0.05) is 12.1 Å². The molecule has 0 spiro atoms. The SMILES string of the molecule is [C-]#[N+]CCOP(O[C@@H](C)Cn1c(COC(c2ccccc2)(c2ccc(OC)cc2)c2ccc(OC)cc2)nc2cncnc21)N(C(C)C)C(C)C. The fourth-order valence-corrected chi connectivity index (χ4v) is 7.88. The van der Waals surface area contributed by atoms with E-state index < -0.39 is 14.1 Å². The van der Waals surface area contributed by atoms with Gasteiger partial charge in [-0.05, 0) is 75.6 Å². The highest BCUT2D eigenvalue weighted by Crippen LogP contribution is 2.47. The van der Waals surface area contributed by atoms with Gasteiger partial charge in [-0.15, -0.1) is 0 Å². The molecule has 0 bridgehead atoms. The van der Waals surface area contributed by atoms with Gasteiger partial charge in [0.2, 0.25) is 6.54 Å². The fraction of sp³-hybridized carbons (Fsp3) is 0.385. The third-order valence-corrected chi connectivity index (χ3v) is 10.7. The van der Waals surface area contributed by atoms with E-state index >= 15 is 0 Å². The summed E-state index contributed by atoms with van der Waals surface area (Å²) in [5.41, 5.74) is 3.10. The second-order valence-corrected chi connectivity index (χ2v) is 14.0. The van der Waals surface area contributed by atoms with E-state index in [4.69, 9.17) is 34.8 Å². The highest BCUT2D eigenvalue weighted by Gasteiger charge is 2.39. The molecule has 2 heterocycles. The van der Waals surface area contributed by atoms with Crippen molar-refractivity contribution in [2.45, 2.75) is 71.6 Å². The van der Waals surface area contributed by atoms with Gasteiger partial charge < -0.3 is 32.7 Å². The Morgan fingerprint density at radius 2 is 1.43 bits per heavy atom. The van der Waals surface area contributed by atoms with Crippen LogP contribution in [0.1, 0.15) is 57.1 Å². The maximum atomic E-state index is 7.23. The Hall–Kier alpha value is -4.43. The Labute approximate surface area is 302 Å². The monoisotopic (exact) mass is 710 g/mol. The van der Waals surface area contributed by atoms with Gasteiger partial charge in [-0.2, -0.15) is 0 Å². The van der Waals surface area contributed by atoms with E-state index in [-0.39, 0.29) is 31.3 Å². The van der Waals surface area contributed by atoms with E-state index in [0.717, 1.165) is 28.2 Å². The van der Waals surface area contributed by atoms with E-state index in [1.54, 1.807) is 20.4 Å². The summed E-state index contributed by atoms with van der Waals surface area (Å²) < 4.78 is 35.4. The second-order valence-electron chi connectivity index (χ2n) is 12.6. The van der Waals surface area contributed by atoms with E-state index in [1.807, 2.05) is 78.2 Å². The molecule has 0 fully saturated rings. The van der Waals surface area contributed by atoms with Gasteiger partial charge in [0.1, 0.15) is 48.0 Å². The van der Waals surface area contributed by atoms with Crippen LogP contribution in [0.5, 0.6) is 11.5 Å². The maximum Gasteiger partial charge on any atom is 0.259 e. The first-order valence-electron chi connectivity index (χ1n) is 17.1. The Morgan fingerprint density at radius 1 is 0.843 bits per heavy atom. The lowest BCUT2D eigenvalue weighted by atomic mass is 9.80. The molecule has 0 aliphatic rings. The van der Waals surface area contributed by atoms with Crippen LogP contribution in [0.25, 0.3) is 16.0 Å². The number of fused-ring (bicyclic) bond motifs is 1. The van der Waals surface area contributed by atoms with E-state index in [0.29, 0.717) is 30.1 Å². The Kier molecular flexibility index (Phi) is 13.1. The van der Waals surface area contributed by atoms with Crippen molar-refractivity contribution in [3.8, 4) is 11.5 Å². The lowest BCUT2D eigenvalue weighted by molar-refractivity contribution is -0.00491. The Morgan fingerprint density at radius 3 is 1.98 bits per heavy atom. The van der Waals surface area contributed by atoms with Gasteiger partial charge in [0.25, 0.3) is 8.53 Å². The normalized spacial score (nSPS) is 13.1. The maximum absolute atomic E-state index is 7.23. The van der Waals surface area contributed by atoms with E-state index in [2.05, 4.69) is 59.3 Å². The zero-order valence-electron chi connectivity index (χ0n) is 30.4. The number of rotatable bonds is 18. The Bertz CT molecular complexity index is 1810. The molecule has 0 amide bonds. The molecule has 0 aliphatic carbocycles. The number of methoxy groups -OCH3 is 2. The zero-order valence-corrected chi connectivity index (χ0v) is 31.3. The molecule has 0 saturated carbocycles. The van der Waals surface area contributed by atoms with Crippen LogP contribution in [0.2, 0.25) is 0 Å². The van der Waals surface area contributed by atoms with Gasteiger partial charge in [-0.25, -0.2) is 26.2 Å². The molecule has 0 saturated heterocycles. The van der Waals surface area contributed by atoms with Crippen molar-refractivity contribution in [1.82, 2.24) is 24.2 Å². The standard InChI is InChI=1S/C39H47N6O5P/c1-28(2)45(29(3)4)51(49-23-22-40-6)50-30(5)25-44-37(43-36-24-41-27-42-38(36)44)26-48-39(31-12-10-9-11-13-31,32-14-18-34(46-7)19-15-32)33-16-20-35(47-8)21-17-33/h9-21,24,27-30H,22-23,25-26H2,1-5,7-8H3/t30-,51?/m0/s1. The van der Waals surface area contributed by atoms with Gasteiger partial charge in [0.05, 0.1) is 33.1 Å². The molecular weight excluding hydrogens is 663 g/mol. The average molecular weight is 711 g/mol. The molecule has 2 atom stereocenters. The quantitative estimate of drug-likeness (QED) is 0.0388. The minimum Gasteiger partial charge on any atom is -0.497 e. The number of hydrogen-bond donors (Lipinski definition) is 0. The molecule has 11 nitrogen and oxygen atoms in total. The number of nitrogens with zero attached hydrogens (tertiary/aromatic N) is 6. The number of aromatic nitrogens is 4. The number of imidazole rings is 1. The molecule has 51 heavy (non-hydrogen) atoms. The van der Waals surface area contributed by atoms with Crippen molar-refractivity contribution >= 4 is 19.7 Å². The fourth-order valence-electron chi connectivity index (χ4n) is 6.21. The summed E-state index contributed by atoms with van der Waals surface area (Å²) in [4.78, 5) is 17.3. The van der Waals surface area contributed by atoms with E-state index in [9.17, 15) is 0 Å². The molecule has 5 aromatic rings. The first-order chi connectivity index (χ1) is 24.7. The van der Waals surface area contributed by atoms with Crippen LogP contribution in [0.3, 0.4) is 0 Å². The minimum absolute atomic E-state index is 0.135. The van der Waals surface area contributed by atoms with Crippen molar-refractivity contribution in [3.05, 3.63) is 125 Å². The highest BCUT2D eigenvalue weighted by atomic mass is 31.2. The van der Waals surface area contributed by atoms with Crippen molar-refractivity contribution in [3.63, 3.8) is 0 Å². The van der Waals surface area contributed by atoms with Crippen molar-refractivity contribution in [2.24, 2.45) is 0 Å². The summed E-state index contributed by atoms with van der Waals surface area (Å²) in [6, 6.07) is 26.5. The van der Waals surface area contributed by atoms with E-state index in [1.165, 1.54) is 6.33 Å². The second kappa shape index (κ2) is 17.7. The van der Waals surface area contributed by atoms with Crippen LogP contribution in [0.15, 0.2) is 91.4 Å². The lowest BCUT2D eigenvalue weighted by Gasteiger charge is -2.37. The first-order valence-corrected chi connectivity index (χ1v) is 18.2. The minimum atomic E-state index is -1.44. The van der Waals surface area contributed by atoms with Gasteiger partial charge >= 0.3 is 0 Å². The van der Waals surface area contributed by atoms with Crippen molar-refractivity contribution in [2.75, 3.05) is 27.4 Å². The zero-order chi connectivity index (χ0) is 36.4. The molecule has 12 heteroatoms. The molecule has 0 aliphatic heterocycles. The summed E-state index contributed by atoms with van der Waals surface area (Å²) in [6.45, 7) is 18.9. The number of ether oxygens (including phenoxy) is 3. The number of hydrogen-bond acceptors (Lipinski definition) is 9. The topological polar surface area (TPSA) is 97.4 Å². The summed E-state index contributed by atoms with van der Waals surface area (Å²) in [6.07, 6.45) is 2.95. The van der Waals surface area contributed by atoms with Gasteiger partial charge in [0.15, 0.2) is 5.65 Å². The summed E-state index contributed by atoms with van der Waals surface area (Å²) in [7, 11) is 1.87. The predicted molar refractivity (Wildman–Crippen MR) is 199 cm³/mol. The summed E-state index contributed by atoms with van der Waals surface area (Å²) in [5.74, 6) is 2.17. The van der Waals surface area contributed by atoms with Gasteiger partial charge in [-0.3, -0.25) is 0 Å². The van der Waals surface area contributed by atoms with Crippen molar-refractivity contribution in [1.29, 1.82) is 0 Å². The highest BCUT2D eigenvalue weighted by molar-refractivity contribution is 7.44. The molecule has 5 rings (SSSR count). The molecule has 268 valence electrons. The van der Waals surface area contributed by atoms with Crippen LogP contribution in [-0.2, 0) is 32.5 Å². The third kappa shape index (κ3) is 8.73. The average Bonchev–Trinajstić information content (AvgIpc) is 3.49. The van der Waals surface area contributed by atoms with Crippen LogP contribution < -0.4 is 9.47 Å². The molecule has 2 aromatic heterocycles. The molecule has 1 unspecified atom stereocenters. The largest absolute Gasteiger partial charge is 0.497 e. The lowest BCUT2D eigenvalue weighted by Crippen LogP contribution is -2.35. The molecule has 0 radical (unpaired) electrons. The van der Waals surface area contributed by atoms with Gasteiger partial charge in [-0.1, -0.05) is 54.6 Å². The summed E-state index contributed by atoms with van der Waals surface area (Å²) in [5, 5.41) is 0. The smallest absolute Gasteiger partial charge is 0.259 e.